The molecule has 0 unspecified atom stereocenters. The zero-order valence-corrected chi connectivity index (χ0v) is 8.98. The van der Waals surface area contributed by atoms with E-state index in [1.165, 1.54) is 0 Å². The first-order chi connectivity index (χ1) is 6.97. The molecule has 1 aliphatic carbocycles. The van der Waals surface area contributed by atoms with Crippen LogP contribution in [0.1, 0.15) is 32.6 Å². The average Bonchev–Trinajstić information content (AvgIpc) is 2.17. The lowest BCUT2D eigenvalue weighted by molar-refractivity contribution is -0.143. The van der Waals surface area contributed by atoms with E-state index in [-0.39, 0.29) is 5.92 Å². The normalized spacial score (nSPS) is 24.9. The summed E-state index contributed by atoms with van der Waals surface area (Å²) in [6, 6.07) is 0. The van der Waals surface area contributed by atoms with Crippen LogP contribution >= 0.6 is 0 Å². The van der Waals surface area contributed by atoms with Crippen molar-refractivity contribution in [3.8, 4) is 0 Å². The zero-order chi connectivity index (χ0) is 11.8. The van der Waals surface area contributed by atoms with Crippen LogP contribution in [0.25, 0.3) is 0 Å². The molecule has 0 aromatic rings. The molecule has 0 atom stereocenters. The van der Waals surface area contributed by atoms with Gasteiger partial charge in [-0.15, -0.1) is 0 Å². The summed E-state index contributed by atoms with van der Waals surface area (Å²) in [5.74, 6) is -0.996. The van der Waals surface area contributed by atoms with E-state index in [9.17, 15) is 4.79 Å². The average molecular weight is 217 g/mol. The number of hydrogen-bond acceptors (Lipinski definition) is 3. The summed E-state index contributed by atoms with van der Waals surface area (Å²) in [4.78, 5) is 19.5. The number of nitrogens with two attached hydrogens (primary N) is 1. The van der Waals surface area contributed by atoms with Crippen LogP contribution in [-0.4, -0.2) is 28.7 Å². The lowest BCUT2D eigenvalue weighted by Gasteiger charge is -2.24. The summed E-state index contributed by atoms with van der Waals surface area (Å²) < 4.78 is 0. The van der Waals surface area contributed by atoms with E-state index in [4.69, 9.17) is 20.7 Å². The van der Waals surface area contributed by atoms with Crippen molar-refractivity contribution in [1.82, 2.24) is 0 Å². The Kier molecular flexibility index (Phi) is 6.70. The van der Waals surface area contributed by atoms with Crippen molar-refractivity contribution in [2.24, 2.45) is 17.6 Å². The van der Waals surface area contributed by atoms with Crippen LogP contribution in [0.2, 0.25) is 0 Å². The number of aliphatic carboxylic acids is 2. The van der Waals surface area contributed by atoms with E-state index in [1.54, 1.807) is 0 Å². The Morgan fingerprint density at radius 3 is 1.87 bits per heavy atom. The van der Waals surface area contributed by atoms with Crippen LogP contribution in [-0.2, 0) is 9.59 Å². The van der Waals surface area contributed by atoms with Gasteiger partial charge in [-0.05, 0) is 38.1 Å². The van der Waals surface area contributed by atoms with Gasteiger partial charge in [0.15, 0.2) is 0 Å². The molecule has 0 radical (unpaired) electrons. The molecule has 0 aromatic heterocycles. The Morgan fingerprint density at radius 1 is 1.20 bits per heavy atom. The Balaban J connectivity index is 0.000000423. The fourth-order valence-electron chi connectivity index (χ4n) is 1.65. The van der Waals surface area contributed by atoms with E-state index in [0.29, 0.717) is 12.5 Å². The first-order valence-corrected chi connectivity index (χ1v) is 5.09. The van der Waals surface area contributed by atoms with Crippen molar-refractivity contribution < 1.29 is 19.8 Å². The second-order valence-electron chi connectivity index (χ2n) is 3.81. The van der Waals surface area contributed by atoms with E-state index >= 15 is 0 Å². The molecule has 88 valence electrons. The summed E-state index contributed by atoms with van der Waals surface area (Å²) >= 11 is 0. The van der Waals surface area contributed by atoms with Crippen LogP contribution in [0.4, 0.5) is 0 Å². The molecular weight excluding hydrogens is 198 g/mol. The molecule has 0 aromatic carbocycles. The Labute approximate surface area is 89.3 Å². The fourth-order valence-corrected chi connectivity index (χ4v) is 1.65. The summed E-state index contributed by atoms with van der Waals surface area (Å²) in [5.41, 5.74) is 5.48. The minimum atomic E-state index is -0.833. The molecule has 0 saturated heterocycles. The van der Waals surface area contributed by atoms with Crippen LogP contribution in [0.15, 0.2) is 0 Å². The third-order valence-corrected chi connectivity index (χ3v) is 2.53. The maximum Gasteiger partial charge on any atom is 0.306 e. The largest absolute Gasteiger partial charge is 0.481 e. The van der Waals surface area contributed by atoms with E-state index in [2.05, 4.69) is 0 Å². The van der Waals surface area contributed by atoms with Gasteiger partial charge in [-0.25, -0.2) is 0 Å². The minimum absolute atomic E-state index is 0.0993. The van der Waals surface area contributed by atoms with Crippen molar-refractivity contribution in [2.75, 3.05) is 6.54 Å². The van der Waals surface area contributed by atoms with Gasteiger partial charge in [-0.1, -0.05) is 0 Å². The van der Waals surface area contributed by atoms with Crippen molar-refractivity contribution in [1.29, 1.82) is 0 Å². The highest BCUT2D eigenvalue weighted by Crippen LogP contribution is 2.27. The predicted octanol–water partition coefficient (Wildman–Crippen LogP) is 0.927. The molecule has 15 heavy (non-hydrogen) atoms. The van der Waals surface area contributed by atoms with E-state index in [0.717, 1.165) is 32.6 Å². The molecule has 0 bridgehead atoms. The maximum atomic E-state index is 10.5. The Morgan fingerprint density at radius 2 is 1.60 bits per heavy atom. The lowest BCUT2D eigenvalue weighted by atomic mass is 9.82. The summed E-state index contributed by atoms with van der Waals surface area (Å²) in [7, 11) is 0. The van der Waals surface area contributed by atoms with Crippen LogP contribution in [0, 0.1) is 11.8 Å². The van der Waals surface area contributed by atoms with Gasteiger partial charge in [0.25, 0.3) is 5.97 Å². The van der Waals surface area contributed by atoms with Gasteiger partial charge in [0.05, 0.1) is 5.92 Å². The number of carboxylic acid groups (broad SMARTS) is 2. The van der Waals surface area contributed by atoms with Gasteiger partial charge >= 0.3 is 5.97 Å². The molecule has 5 nitrogen and oxygen atoms in total. The fraction of sp³-hybridized carbons (Fsp3) is 0.800. The minimum Gasteiger partial charge on any atom is -0.481 e. The summed E-state index contributed by atoms with van der Waals surface area (Å²) in [6.45, 7) is 1.80. The Hall–Kier alpha value is -1.10. The van der Waals surface area contributed by atoms with Gasteiger partial charge in [0.2, 0.25) is 0 Å². The highest BCUT2D eigenvalue weighted by Gasteiger charge is 2.24. The zero-order valence-electron chi connectivity index (χ0n) is 8.98. The second-order valence-corrected chi connectivity index (χ2v) is 3.81. The number of rotatable bonds is 2. The molecule has 1 aliphatic rings. The van der Waals surface area contributed by atoms with Crippen LogP contribution in [0.5, 0.6) is 0 Å². The first kappa shape index (κ1) is 13.9. The molecule has 5 heteroatoms. The standard InChI is InChI=1S/C8H15NO2.C2H4O2/c9-5-6-1-3-7(4-2-6)8(10)11;1-2(3)4/h6-7H,1-5,9H2,(H,10,11);1H3,(H,3,4). The van der Waals surface area contributed by atoms with Crippen molar-refractivity contribution in [2.45, 2.75) is 32.6 Å². The van der Waals surface area contributed by atoms with Crippen molar-refractivity contribution in [3.05, 3.63) is 0 Å². The third-order valence-electron chi connectivity index (χ3n) is 2.53. The Bertz CT molecular complexity index is 205. The summed E-state index contributed by atoms with van der Waals surface area (Å²) in [5, 5.41) is 16.1. The topological polar surface area (TPSA) is 101 Å². The number of carboxylic acids is 2. The molecule has 1 rings (SSSR count). The molecule has 0 amide bonds. The molecule has 0 heterocycles. The number of hydrogen-bond donors (Lipinski definition) is 3. The van der Waals surface area contributed by atoms with Crippen LogP contribution < -0.4 is 5.73 Å². The van der Waals surface area contributed by atoms with Crippen molar-refractivity contribution >= 4 is 11.9 Å². The van der Waals surface area contributed by atoms with E-state index < -0.39 is 11.9 Å². The van der Waals surface area contributed by atoms with Gasteiger partial charge in [-0.3, -0.25) is 9.59 Å². The van der Waals surface area contributed by atoms with E-state index in [1.807, 2.05) is 0 Å². The van der Waals surface area contributed by atoms with Gasteiger partial charge < -0.3 is 15.9 Å². The van der Waals surface area contributed by atoms with Gasteiger partial charge in [-0.2, -0.15) is 0 Å². The highest BCUT2D eigenvalue weighted by atomic mass is 16.4. The highest BCUT2D eigenvalue weighted by molar-refractivity contribution is 5.69. The molecule has 0 spiro atoms. The summed E-state index contributed by atoms with van der Waals surface area (Å²) in [6.07, 6.45) is 3.62. The third kappa shape index (κ3) is 6.90. The SMILES string of the molecule is CC(=O)O.NCC1CCC(C(=O)O)CC1. The molecular formula is C10H19NO4. The molecule has 0 aliphatic heterocycles. The van der Waals surface area contributed by atoms with Crippen LogP contribution in [0.3, 0.4) is 0 Å². The quantitative estimate of drug-likeness (QED) is 0.638. The molecule has 4 N–H and O–H groups in total. The maximum absolute atomic E-state index is 10.5. The van der Waals surface area contributed by atoms with Gasteiger partial charge in [0, 0.05) is 6.92 Å². The predicted molar refractivity (Wildman–Crippen MR) is 55.4 cm³/mol. The smallest absolute Gasteiger partial charge is 0.306 e. The molecule has 1 fully saturated rings. The first-order valence-electron chi connectivity index (χ1n) is 5.09. The number of carbonyl (C=O) groups is 2. The lowest BCUT2D eigenvalue weighted by Crippen LogP contribution is -2.25. The van der Waals surface area contributed by atoms with Gasteiger partial charge in [0.1, 0.15) is 0 Å². The molecule has 1 saturated carbocycles. The second kappa shape index (κ2) is 7.23. The monoisotopic (exact) mass is 217 g/mol. The van der Waals surface area contributed by atoms with Crippen molar-refractivity contribution in [3.63, 3.8) is 0 Å².